The average Bonchev–Trinajstić information content (AvgIpc) is 3.11. The lowest BCUT2D eigenvalue weighted by atomic mass is 9.83. The number of rotatable bonds is 6. The van der Waals surface area contributed by atoms with Crippen LogP contribution in [0.2, 0.25) is 0 Å². The lowest BCUT2D eigenvalue weighted by molar-refractivity contribution is -0.137. The van der Waals surface area contributed by atoms with E-state index in [1.54, 1.807) is 4.68 Å². The van der Waals surface area contributed by atoms with E-state index in [4.69, 9.17) is 10.2 Å². The Morgan fingerprint density at radius 2 is 1.69 bits per heavy atom. The fraction of sp³-hybridized carbons (Fsp3) is 0.464. The van der Waals surface area contributed by atoms with Crippen LogP contribution in [0.5, 0.6) is 0 Å². The molecule has 0 atom stereocenters. The monoisotopic (exact) mass is 510 g/mol. The summed E-state index contributed by atoms with van der Waals surface area (Å²) in [7, 11) is 2.15. The van der Waals surface area contributed by atoms with Gasteiger partial charge in [0.25, 0.3) is 0 Å². The number of carboxylic acid groups (broad SMARTS) is 1. The maximum Gasteiger partial charge on any atom is 0.351 e. The van der Waals surface area contributed by atoms with Crippen molar-refractivity contribution >= 4 is 18.4 Å². The molecule has 36 heavy (non-hydrogen) atoms. The molecule has 0 spiro atoms. The molecule has 192 valence electrons. The zero-order valence-corrected chi connectivity index (χ0v) is 21.6. The van der Waals surface area contributed by atoms with Crippen LogP contribution in [-0.4, -0.2) is 50.5 Å². The molecule has 7 nitrogen and oxygen atoms in total. The number of aliphatic carboxylic acids is 1. The minimum absolute atomic E-state index is 0. The standard InChI is InChI=1S/C28H34N4O3.ClH/c1-30-17-15-21-10-13-25(19-23(21)16-18-30)32-28(35)31(27(29-32)22-5-3-2-4-6-22)24-11-7-20(8-12-24)9-14-26(33)34;/h2-6,10,13,19-20,24H,7-9,11-12,14-18H2,1H3,(H,33,34);1H. The molecule has 1 fully saturated rings. The number of carbonyl (C=O) groups is 1. The summed E-state index contributed by atoms with van der Waals surface area (Å²) in [4.78, 5) is 27.2. The van der Waals surface area contributed by atoms with Crippen LogP contribution in [-0.2, 0) is 17.6 Å². The summed E-state index contributed by atoms with van der Waals surface area (Å²) in [5.74, 6) is 0.388. The fourth-order valence-corrected chi connectivity index (χ4v) is 5.63. The summed E-state index contributed by atoms with van der Waals surface area (Å²) in [6.07, 6.45) is 6.55. The van der Waals surface area contributed by atoms with Gasteiger partial charge in [0.2, 0.25) is 0 Å². The van der Waals surface area contributed by atoms with Gasteiger partial charge in [0.15, 0.2) is 5.82 Å². The number of fused-ring (bicyclic) bond motifs is 1. The van der Waals surface area contributed by atoms with Crippen LogP contribution in [0.4, 0.5) is 0 Å². The Bertz CT molecular complexity index is 1250. The van der Waals surface area contributed by atoms with E-state index in [9.17, 15) is 9.59 Å². The molecule has 3 aromatic rings. The maximum absolute atomic E-state index is 13.8. The molecular formula is C28H35ClN4O3. The van der Waals surface area contributed by atoms with Crippen molar-refractivity contribution in [2.45, 2.75) is 57.4 Å². The van der Waals surface area contributed by atoms with E-state index in [-0.39, 0.29) is 30.6 Å². The minimum Gasteiger partial charge on any atom is -0.481 e. The van der Waals surface area contributed by atoms with Gasteiger partial charge >= 0.3 is 11.7 Å². The van der Waals surface area contributed by atoms with E-state index < -0.39 is 5.97 Å². The Kier molecular flexibility index (Phi) is 8.32. The molecule has 2 aliphatic rings. The predicted octanol–water partition coefficient (Wildman–Crippen LogP) is 4.75. The first-order valence-corrected chi connectivity index (χ1v) is 12.8. The number of nitrogens with zero attached hydrogens (tertiary/aromatic N) is 4. The van der Waals surface area contributed by atoms with Gasteiger partial charge in [-0.05, 0) is 81.2 Å². The van der Waals surface area contributed by atoms with Crippen molar-refractivity contribution in [3.8, 4) is 17.1 Å². The highest BCUT2D eigenvalue weighted by Gasteiger charge is 2.28. The van der Waals surface area contributed by atoms with Crippen LogP contribution < -0.4 is 5.69 Å². The van der Waals surface area contributed by atoms with E-state index in [2.05, 4.69) is 24.1 Å². The molecule has 2 heterocycles. The normalized spacial score (nSPS) is 20.2. The summed E-state index contributed by atoms with van der Waals surface area (Å²) in [5, 5.41) is 13.9. The molecule has 1 saturated carbocycles. The van der Waals surface area contributed by atoms with Crippen molar-refractivity contribution < 1.29 is 9.90 Å². The maximum atomic E-state index is 13.8. The molecule has 1 aliphatic carbocycles. The zero-order valence-electron chi connectivity index (χ0n) is 20.8. The van der Waals surface area contributed by atoms with Gasteiger partial charge in [0.05, 0.1) is 5.69 Å². The van der Waals surface area contributed by atoms with Gasteiger partial charge in [0.1, 0.15) is 0 Å². The van der Waals surface area contributed by atoms with Crippen molar-refractivity contribution in [1.29, 1.82) is 0 Å². The third kappa shape index (κ3) is 5.57. The van der Waals surface area contributed by atoms with Crippen molar-refractivity contribution in [2.24, 2.45) is 5.92 Å². The van der Waals surface area contributed by atoms with Crippen molar-refractivity contribution in [2.75, 3.05) is 20.1 Å². The lowest BCUT2D eigenvalue weighted by Crippen LogP contribution is -2.30. The highest BCUT2D eigenvalue weighted by atomic mass is 35.5. The third-order valence-corrected chi connectivity index (χ3v) is 7.75. The number of halogens is 1. The largest absolute Gasteiger partial charge is 0.481 e. The van der Waals surface area contributed by atoms with Crippen molar-refractivity contribution in [3.63, 3.8) is 0 Å². The predicted molar refractivity (Wildman–Crippen MR) is 143 cm³/mol. The molecule has 8 heteroatoms. The molecule has 1 aromatic heterocycles. The summed E-state index contributed by atoms with van der Waals surface area (Å²) >= 11 is 0. The third-order valence-electron chi connectivity index (χ3n) is 7.75. The molecule has 0 bridgehead atoms. The van der Waals surface area contributed by atoms with E-state index in [1.165, 1.54) is 11.1 Å². The second kappa shape index (κ2) is 11.4. The molecule has 5 rings (SSSR count). The summed E-state index contributed by atoms with van der Waals surface area (Å²) in [6.45, 7) is 2.06. The van der Waals surface area contributed by atoms with Gasteiger partial charge in [-0.2, -0.15) is 4.68 Å². The van der Waals surface area contributed by atoms with Gasteiger partial charge in [-0.25, -0.2) is 4.79 Å². The quantitative estimate of drug-likeness (QED) is 0.517. The molecular weight excluding hydrogens is 476 g/mol. The molecule has 0 unspecified atom stereocenters. The Morgan fingerprint density at radius 1 is 1.00 bits per heavy atom. The number of aromatic nitrogens is 3. The van der Waals surface area contributed by atoms with Crippen LogP contribution in [0.25, 0.3) is 17.1 Å². The number of benzene rings is 2. The first kappa shape index (κ1) is 26.2. The fourth-order valence-electron chi connectivity index (χ4n) is 5.63. The molecule has 0 radical (unpaired) electrons. The average molecular weight is 511 g/mol. The van der Waals surface area contributed by atoms with Crippen LogP contribution in [0.3, 0.4) is 0 Å². The first-order chi connectivity index (χ1) is 17.0. The molecule has 1 N–H and O–H groups in total. The van der Waals surface area contributed by atoms with Gasteiger partial charge in [-0.15, -0.1) is 17.5 Å². The van der Waals surface area contributed by atoms with Crippen molar-refractivity contribution in [1.82, 2.24) is 19.2 Å². The highest BCUT2D eigenvalue weighted by molar-refractivity contribution is 5.85. The summed E-state index contributed by atoms with van der Waals surface area (Å²) in [5.41, 5.74) is 4.32. The van der Waals surface area contributed by atoms with E-state index in [0.717, 1.165) is 62.9 Å². The molecule has 2 aromatic carbocycles. The molecule has 0 saturated heterocycles. The van der Waals surface area contributed by atoms with E-state index >= 15 is 0 Å². The summed E-state index contributed by atoms with van der Waals surface area (Å²) < 4.78 is 3.47. The summed E-state index contributed by atoms with van der Waals surface area (Å²) in [6, 6.07) is 16.3. The number of carboxylic acids is 1. The minimum atomic E-state index is -0.733. The number of hydrogen-bond donors (Lipinski definition) is 1. The Balaban J connectivity index is 0.00000304. The zero-order chi connectivity index (χ0) is 24.4. The second-order valence-corrected chi connectivity index (χ2v) is 10.1. The topological polar surface area (TPSA) is 80.4 Å². The van der Waals surface area contributed by atoms with Crippen molar-refractivity contribution in [3.05, 3.63) is 70.1 Å². The van der Waals surface area contributed by atoms with Crippen LogP contribution in [0.1, 0.15) is 55.7 Å². The Labute approximate surface area is 218 Å². The highest BCUT2D eigenvalue weighted by Crippen LogP contribution is 2.36. The molecule has 0 amide bonds. The van der Waals surface area contributed by atoms with Gasteiger partial charge in [-0.1, -0.05) is 36.4 Å². The van der Waals surface area contributed by atoms with Gasteiger partial charge in [0, 0.05) is 31.1 Å². The van der Waals surface area contributed by atoms with Gasteiger partial charge in [-0.3, -0.25) is 9.36 Å². The van der Waals surface area contributed by atoms with Crippen LogP contribution in [0.15, 0.2) is 53.3 Å². The van der Waals surface area contributed by atoms with E-state index in [0.29, 0.717) is 18.2 Å². The first-order valence-electron chi connectivity index (χ1n) is 12.8. The second-order valence-electron chi connectivity index (χ2n) is 10.1. The van der Waals surface area contributed by atoms with E-state index in [1.807, 2.05) is 41.0 Å². The van der Waals surface area contributed by atoms with Gasteiger partial charge < -0.3 is 10.0 Å². The Hall–Kier alpha value is -2.90. The number of likely N-dealkylation sites (N-methyl/N-ethyl adjacent to an activating group) is 1. The van der Waals surface area contributed by atoms with Crippen LogP contribution >= 0.6 is 12.4 Å². The smallest absolute Gasteiger partial charge is 0.351 e. The lowest BCUT2D eigenvalue weighted by Gasteiger charge is -2.29. The number of hydrogen-bond acceptors (Lipinski definition) is 4. The SMILES string of the molecule is CN1CCc2ccc(-n3nc(-c4ccccc4)n(C4CCC(CCC(=O)O)CC4)c3=O)cc2CC1.Cl. The Morgan fingerprint density at radius 3 is 2.39 bits per heavy atom. The molecule has 1 aliphatic heterocycles. The van der Waals surface area contributed by atoms with Crippen LogP contribution in [0, 0.1) is 5.92 Å².